The molecule has 0 radical (unpaired) electrons. The zero-order valence-corrected chi connectivity index (χ0v) is 20.6. The maximum Gasteiger partial charge on any atom is 0.280 e. The van der Waals surface area contributed by atoms with Crippen molar-refractivity contribution in [3.05, 3.63) is 92.4 Å². The van der Waals surface area contributed by atoms with Crippen LogP contribution in [-0.2, 0) is 17.6 Å². The number of fused-ring (bicyclic) bond motifs is 1. The number of amidine groups is 1. The molecule has 3 aromatic rings. The second kappa shape index (κ2) is 9.87. The molecule has 0 saturated carbocycles. The zero-order valence-electron chi connectivity index (χ0n) is 19.8. The van der Waals surface area contributed by atoms with Crippen LogP contribution >= 0.6 is 11.8 Å². The number of carbonyl (C=O) groups excluding carboxylic acids is 1. The Morgan fingerprint density at radius 1 is 1.00 bits per heavy atom. The molecule has 0 atom stereocenters. The highest BCUT2D eigenvalue weighted by atomic mass is 32.2. The lowest BCUT2D eigenvalue weighted by Crippen LogP contribution is -2.28. The highest BCUT2D eigenvalue weighted by Gasteiger charge is 2.35. The predicted molar refractivity (Wildman–Crippen MR) is 141 cm³/mol. The molecule has 3 aromatic carbocycles. The highest BCUT2D eigenvalue weighted by molar-refractivity contribution is 8.19. The minimum Gasteiger partial charge on any atom is -0.454 e. The molecule has 36 heavy (non-hydrogen) atoms. The molecule has 8 nitrogen and oxygen atoms in total. The largest absolute Gasteiger partial charge is 0.454 e. The number of ether oxygens (including phenoxy) is 2. The van der Waals surface area contributed by atoms with Crippen LogP contribution in [0.25, 0.3) is 6.08 Å². The van der Waals surface area contributed by atoms with Crippen LogP contribution in [0, 0.1) is 10.1 Å². The molecule has 0 spiro atoms. The van der Waals surface area contributed by atoms with Gasteiger partial charge in [-0.15, -0.1) is 0 Å². The topological polar surface area (TPSA) is 94.3 Å². The number of thioether (sulfide) groups is 1. The quantitative estimate of drug-likeness (QED) is 0.225. The molecule has 0 bridgehead atoms. The second-order valence-electron chi connectivity index (χ2n) is 8.21. The summed E-state index contributed by atoms with van der Waals surface area (Å²) in [7, 11) is 0. The van der Waals surface area contributed by atoms with Crippen LogP contribution < -0.4 is 14.4 Å². The van der Waals surface area contributed by atoms with Crippen molar-refractivity contribution in [3.63, 3.8) is 0 Å². The SMILES string of the molecule is CCc1ccc(N=C2SC(=Cc3cc4c(cc3[N+](=O)[O-])OCO4)C(=O)N2c2ccc(CC)cc2)cc1. The van der Waals surface area contributed by atoms with Gasteiger partial charge in [0.25, 0.3) is 11.6 Å². The Morgan fingerprint density at radius 3 is 2.22 bits per heavy atom. The Bertz CT molecular complexity index is 1400. The van der Waals surface area contributed by atoms with E-state index in [1.807, 2.05) is 48.5 Å². The second-order valence-corrected chi connectivity index (χ2v) is 9.22. The normalized spacial score (nSPS) is 16.8. The van der Waals surface area contributed by atoms with E-state index in [0.29, 0.717) is 32.9 Å². The Kier molecular flexibility index (Phi) is 6.47. The number of aryl methyl sites for hydroxylation is 2. The van der Waals surface area contributed by atoms with Crippen molar-refractivity contribution in [1.29, 1.82) is 0 Å². The smallest absolute Gasteiger partial charge is 0.280 e. The number of hydrogen-bond donors (Lipinski definition) is 0. The summed E-state index contributed by atoms with van der Waals surface area (Å²) in [4.78, 5) is 31.5. The van der Waals surface area contributed by atoms with Gasteiger partial charge in [0.1, 0.15) is 0 Å². The summed E-state index contributed by atoms with van der Waals surface area (Å²) in [5.41, 5.74) is 3.83. The molecule has 9 heteroatoms. The molecule has 2 heterocycles. The van der Waals surface area contributed by atoms with Crippen LogP contribution in [0.5, 0.6) is 11.5 Å². The molecular weight excluding hydrogens is 478 g/mol. The van der Waals surface area contributed by atoms with Gasteiger partial charge in [0.05, 0.1) is 32.8 Å². The summed E-state index contributed by atoms with van der Waals surface area (Å²) in [5.74, 6) is 0.407. The molecule has 1 fully saturated rings. The Morgan fingerprint density at radius 2 is 1.61 bits per heavy atom. The molecule has 2 aliphatic heterocycles. The lowest BCUT2D eigenvalue weighted by Gasteiger charge is -2.16. The maximum absolute atomic E-state index is 13.6. The first kappa shape index (κ1) is 23.6. The number of nitro benzene ring substituents is 1. The molecule has 1 saturated heterocycles. The maximum atomic E-state index is 13.6. The van der Waals surface area contributed by atoms with E-state index in [0.717, 1.165) is 18.4 Å². The van der Waals surface area contributed by atoms with E-state index in [-0.39, 0.29) is 24.0 Å². The van der Waals surface area contributed by atoms with E-state index in [1.165, 1.54) is 35.5 Å². The Labute approximate surface area is 212 Å². The summed E-state index contributed by atoms with van der Waals surface area (Å²) >= 11 is 1.18. The van der Waals surface area contributed by atoms with Gasteiger partial charge in [-0.1, -0.05) is 38.1 Å². The van der Waals surface area contributed by atoms with E-state index in [4.69, 9.17) is 14.5 Å². The molecular formula is C27H23N3O5S. The van der Waals surface area contributed by atoms with Gasteiger partial charge in [0.2, 0.25) is 6.79 Å². The molecule has 1 amide bonds. The zero-order chi connectivity index (χ0) is 25.2. The molecule has 2 aliphatic rings. The van der Waals surface area contributed by atoms with Crippen LogP contribution in [0.1, 0.15) is 30.5 Å². The Balaban J connectivity index is 1.58. The van der Waals surface area contributed by atoms with E-state index in [2.05, 4.69) is 13.8 Å². The Hall–Kier alpha value is -4.11. The van der Waals surface area contributed by atoms with Gasteiger partial charge < -0.3 is 9.47 Å². The van der Waals surface area contributed by atoms with Crippen LogP contribution in [-0.4, -0.2) is 22.8 Å². The number of nitro groups is 1. The van der Waals surface area contributed by atoms with Crippen molar-refractivity contribution < 1.29 is 19.2 Å². The number of nitrogens with zero attached hydrogens (tertiary/aromatic N) is 3. The number of aliphatic imine (C=N–C) groups is 1. The van der Waals surface area contributed by atoms with Crippen molar-refractivity contribution in [3.8, 4) is 11.5 Å². The fraction of sp³-hybridized carbons (Fsp3) is 0.185. The summed E-state index contributed by atoms with van der Waals surface area (Å²) in [5, 5.41) is 12.2. The number of benzene rings is 3. The van der Waals surface area contributed by atoms with E-state index in [1.54, 1.807) is 4.90 Å². The number of carbonyl (C=O) groups is 1. The minimum atomic E-state index is -0.496. The van der Waals surface area contributed by atoms with Gasteiger partial charge in [0.15, 0.2) is 16.7 Å². The lowest BCUT2D eigenvalue weighted by molar-refractivity contribution is -0.385. The lowest BCUT2D eigenvalue weighted by atomic mass is 10.1. The molecule has 0 aromatic heterocycles. The summed E-state index contributed by atoms with van der Waals surface area (Å²) in [6, 6.07) is 18.4. The third-order valence-electron chi connectivity index (χ3n) is 5.98. The fourth-order valence-electron chi connectivity index (χ4n) is 3.94. The molecule has 0 aliphatic carbocycles. The van der Waals surface area contributed by atoms with Crippen molar-refractivity contribution >= 4 is 46.0 Å². The van der Waals surface area contributed by atoms with E-state index < -0.39 is 4.92 Å². The number of anilines is 1. The monoisotopic (exact) mass is 501 g/mol. The first-order valence-corrected chi connectivity index (χ1v) is 12.4. The fourth-order valence-corrected chi connectivity index (χ4v) is 4.93. The minimum absolute atomic E-state index is 0.00461. The third kappa shape index (κ3) is 4.57. The predicted octanol–water partition coefficient (Wildman–Crippen LogP) is 6.26. The summed E-state index contributed by atoms with van der Waals surface area (Å²) < 4.78 is 10.7. The van der Waals surface area contributed by atoms with Gasteiger partial charge in [0, 0.05) is 0 Å². The standard InChI is InChI=1S/C27H23N3O5S/c1-3-17-5-9-20(10-6-17)28-27-29(21-11-7-18(4-2)8-12-21)26(31)25(36-27)14-19-13-23-24(35-16-34-23)15-22(19)30(32)33/h5-15H,3-4,16H2,1-2H3. The number of rotatable bonds is 6. The summed E-state index contributed by atoms with van der Waals surface area (Å²) in [6.45, 7) is 4.15. The van der Waals surface area contributed by atoms with Gasteiger partial charge >= 0.3 is 0 Å². The van der Waals surface area contributed by atoms with Crippen molar-refractivity contribution in [2.75, 3.05) is 11.7 Å². The molecule has 182 valence electrons. The number of hydrogen-bond acceptors (Lipinski definition) is 7. The first-order valence-electron chi connectivity index (χ1n) is 11.6. The first-order chi connectivity index (χ1) is 17.5. The number of amides is 1. The average molecular weight is 502 g/mol. The van der Waals surface area contributed by atoms with E-state index >= 15 is 0 Å². The molecule has 0 N–H and O–H groups in total. The van der Waals surface area contributed by atoms with Crippen LogP contribution in [0.15, 0.2) is 70.6 Å². The van der Waals surface area contributed by atoms with Gasteiger partial charge in [-0.2, -0.15) is 0 Å². The van der Waals surface area contributed by atoms with Crippen LogP contribution in [0.4, 0.5) is 17.1 Å². The van der Waals surface area contributed by atoms with Gasteiger partial charge in [-0.05, 0) is 72.1 Å². The molecule has 0 unspecified atom stereocenters. The highest BCUT2D eigenvalue weighted by Crippen LogP contribution is 2.42. The van der Waals surface area contributed by atoms with Crippen molar-refractivity contribution in [1.82, 2.24) is 0 Å². The van der Waals surface area contributed by atoms with Crippen molar-refractivity contribution in [2.45, 2.75) is 26.7 Å². The van der Waals surface area contributed by atoms with Crippen molar-refractivity contribution in [2.24, 2.45) is 4.99 Å². The van der Waals surface area contributed by atoms with E-state index in [9.17, 15) is 14.9 Å². The average Bonchev–Trinajstić information content (AvgIpc) is 3.47. The van der Waals surface area contributed by atoms with Crippen LogP contribution in [0.3, 0.4) is 0 Å². The summed E-state index contributed by atoms with van der Waals surface area (Å²) in [6.07, 6.45) is 3.32. The third-order valence-corrected chi connectivity index (χ3v) is 6.95. The molecule has 5 rings (SSSR count). The van der Waals surface area contributed by atoms with Gasteiger partial charge in [-0.3, -0.25) is 19.8 Å². The van der Waals surface area contributed by atoms with Gasteiger partial charge in [-0.25, -0.2) is 4.99 Å². The van der Waals surface area contributed by atoms with Crippen LogP contribution in [0.2, 0.25) is 0 Å².